The van der Waals surface area contributed by atoms with E-state index in [0.717, 1.165) is 57.8 Å². The highest BCUT2D eigenvalue weighted by Crippen LogP contribution is 2.37. The number of piperazine rings is 1. The smallest absolute Gasteiger partial charge is 0.165 e. The van der Waals surface area contributed by atoms with Crippen molar-refractivity contribution in [3.05, 3.63) is 29.6 Å². The minimum Gasteiger partial charge on any atom is -0.494 e. The van der Waals surface area contributed by atoms with E-state index in [9.17, 15) is 4.39 Å². The number of rotatable bonds is 4. The van der Waals surface area contributed by atoms with Crippen molar-refractivity contribution in [2.45, 2.75) is 18.9 Å². The topological polar surface area (TPSA) is 33.7 Å². The van der Waals surface area contributed by atoms with Crippen molar-refractivity contribution in [2.75, 3.05) is 46.5 Å². The highest BCUT2D eigenvalue weighted by Gasteiger charge is 2.31. The maximum atomic E-state index is 13.7. The van der Waals surface area contributed by atoms with Crippen LogP contribution < -0.4 is 10.1 Å². The molecule has 1 N–H and O–H groups in total. The van der Waals surface area contributed by atoms with Crippen molar-refractivity contribution < 1.29 is 13.9 Å². The lowest BCUT2D eigenvalue weighted by atomic mass is 9.85. The van der Waals surface area contributed by atoms with E-state index >= 15 is 0 Å². The fourth-order valence-electron chi connectivity index (χ4n) is 3.63. The first-order chi connectivity index (χ1) is 10.8. The molecule has 7 heteroatoms. The van der Waals surface area contributed by atoms with Crippen LogP contribution in [0.2, 0.25) is 0 Å². The molecule has 4 nitrogen and oxygen atoms in total. The molecule has 138 valence electrons. The molecule has 24 heavy (non-hydrogen) atoms. The summed E-state index contributed by atoms with van der Waals surface area (Å²) in [4.78, 5) is 2.53. The second-order valence-electron chi connectivity index (χ2n) is 6.07. The maximum Gasteiger partial charge on any atom is 0.165 e. The molecule has 0 spiro atoms. The molecule has 0 radical (unpaired) electrons. The van der Waals surface area contributed by atoms with Crippen LogP contribution >= 0.6 is 24.8 Å². The number of nitrogens with one attached hydrogen (secondary N) is 1. The van der Waals surface area contributed by atoms with Gasteiger partial charge in [-0.05, 0) is 36.5 Å². The summed E-state index contributed by atoms with van der Waals surface area (Å²) in [5.41, 5.74) is 1.16. The molecule has 0 unspecified atom stereocenters. The lowest BCUT2D eigenvalue weighted by Crippen LogP contribution is -2.47. The Morgan fingerprint density at radius 3 is 2.50 bits per heavy atom. The van der Waals surface area contributed by atoms with Crippen LogP contribution in [0.15, 0.2) is 18.2 Å². The largest absolute Gasteiger partial charge is 0.494 e. The summed E-state index contributed by atoms with van der Waals surface area (Å²) < 4.78 is 24.5. The van der Waals surface area contributed by atoms with Crippen LogP contribution in [-0.2, 0) is 4.74 Å². The van der Waals surface area contributed by atoms with Crippen molar-refractivity contribution in [1.82, 2.24) is 10.2 Å². The average Bonchev–Trinajstić information content (AvgIpc) is 2.58. The normalized spacial score (nSPS) is 20.6. The number of benzene rings is 1. The molecule has 0 bridgehead atoms. The molecular formula is C17H27Cl2FN2O2. The summed E-state index contributed by atoms with van der Waals surface area (Å²) in [6.07, 6.45) is 2.13. The first kappa shape index (κ1) is 21.5. The van der Waals surface area contributed by atoms with Gasteiger partial charge < -0.3 is 14.8 Å². The maximum absolute atomic E-state index is 13.7. The van der Waals surface area contributed by atoms with Gasteiger partial charge in [0.2, 0.25) is 0 Å². The van der Waals surface area contributed by atoms with E-state index in [-0.39, 0.29) is 30.6 Å². The number of methoxy groups -OCH3 is 1. The van der Waals surface area contributed by atoms with Crippen LogP contribution in [-0.4, -0.2) is 51.4 Å². The third kappa shape index (κ3) is 4.96. The molecule has 2 aliphatic heterocycles. The predicted molar refractivity (Wildman–Crippen MR) is 98.2 cm³/mol. The van der Waals surface area contributed by atoms with Gasteiger partial charge >= 0.3 is 0 Å². The monoisotopic (exact) mass is 380 g/mol. The highest BCUT2D eigenvalue weighted by molar-refractivity contribution is 5.85. The van der Waals surface area contributed by atoms with Gasteiger partial charge in [-0.2, -0.15) is 0 Å². The van der Waals surface area contributed by atoms with Crippen LogP contribution in [0.5, 0.6) is 5.75 Å². The molecule has 0 amide bonds. The molecule has 3 rings (SSSR count). The van der Waals surface area contributed by atoms with Crippen molar-refractivity contribution in [3.8, 4) is 5.75 Å². The van der Waals surface area contributed by atoms with E-state index in [1.54, 1.807) is 0 Å². The van der Waals surface area contributed by atoms with Crippen LogP contribution in [0.4, 0.5) is 4.39 Å². The van der Waals surface area contributed by atoms with Crippen LogP contribution in [0.1, 0.15) is 24.4 Å². The zero-order valence-corrected chi connectivity index (χ0v) is 15.6. The van der Waals surface area contributed by atoms with E-state index in [4.69, 9.17) is 9.47 Å². The lowest BCUT2D eigenvalue weighted by Gasteiger charge is -2.41. The van der Waals surface area contributed by atoms with Gasteiger partial charge in [-0.1, -0.05) is 6.07 Å². The number of ether oxygens (including phenoxy) is 2. The first-order valence-electron chi connectivity index (χ1n) is 8.15. The number of hydrogen-bond acceptors (Lipinski definition) is 4. The van der Waals surface area contributed by atoms with Gasteiger partial charge in [0.25, 0.3) is 0 Å². The van der Waals surface area contributed by atoms with E-state index < -0.39 is 0 Å². The Balaban J connectivity index is 0.00000144. The first-order valence-corrected chi connectivity index (χ1v) is 8.15. The summed E-state index contributed by atoms with van der Waals surface area (Å²) in [6, 6.07) is 5.64. The van der Waals surface area contributed by atoms with Crippen LogP contribution in [0.3, 0.4) is 0 Å². The second-order valence-corrected chi connectivity index (χ2v) is 6.07. The fourth-order valence-corrected chi connectivity index (χ4v) is 3.63. The average molecular weight is 381 g/mol. The Bertz CT molecular complexity index is 477. The number of halogens is 3. The van der Waals surface area contributed by atoms with E-state index in [0.29, 0.717) is 17.7 Å². The van der Waals surface area contributed by atoms with Gasteiger partial charge in [0, 0.05) is 45.4 Å². The minimum atomic E-state index is -0.294. The standard InChI is InChI=1S/C17H25FN2O2.2ClH/c1-21-16-12-14(2-3-15(16)18)17(13-4-10-22-11-5-13)20-8-6-19-7-9-20;;/h2-3,12-13,17,19H,4-11H2,1H3;2*1H/t17-;;/m1../s1. The van der Waals surface area contributed by atoms with Crippen molar-refractivity contribution in [3.63, 3.8) is 0 Å². The Kier molecular flexibility index (Phi) is 9.31. The van der Waals surface area contributed by atoms with Crippen LogP contribution in [0.25, 0.3) is 0 Å². The predicted octanol–water partition coefficient (Wildman–Crippen LogP) is 3.05. The van der Waals surface area contributed by atoms with E-state index in [1.807, 2.05) is 12.1 Å². The molecule has 2 aliphatic rings. The quantitative estimate of drug-likeness (QED) is 0.870. The third-order valence-corrected chi connectivity index (χ3v) is 4.77. The summed E-state index contributed by atoms with van der Waals surface area (Å²) in [5.74, 6) is 0.601. The Morgan fingerprint density at radius 1 is 1.21 bits per heavy atom. The molecule has 2 saturated heterocycles. The molecule has 1 aromatic rings. The zero-order valence-electron chi connectivity index (χ0n) is 14.0. The molecular weight excluding hydrogens is 354 g/mol. The highest BCUT2D eigenvalue weighted by atomic mass is 35.5. The van der Waals surface area contributed by atoms with Crippen LogP contribution in [0, 0.1) is 11.7 Å². The summed E-state index contributed by atoms with van der Waals surface area (Å²) in [7, 11) is 1.52. The molecule has 1 atom stereocenters. The van der Waals surface area contributed by atoms with Crippen molar-refractivity contribution in [1.29, 1.82) is 0 Å². The molecule has 2 heterocycles. The van der Waals surface area contributed by atoms with E-state index in [2.05, 4.69) is 10.2 Å². The molecule has 0 aliphatic carbocycles. The van der Waals surface area contributed by atoms with Gasteiger partial charge in [-0.15, -0.1) is 24.8 Å². The van der Waals surface area contributed by atoms with E-state index in [1.165, 1.54) is 13.2 Å². The zero-order chi connectivity index (χ0) is 15.4. The van der Waals surface area contributed by atoms with Gasteiger partial charge in [-0.25, -0.2) is 4.39 Å². The van der Waals surface area contributed by atoms with Gasteiger partial charge in [0.05, 0.1) is 7.11 Å². The fraction of sp³-hybridized carbons (Fsp3) is 0.647. The second kappa shape index (κ2) is 10.4. The Hall–Kier alpha value is -0.590. The van der Waals surface area contributed by atoms with Crippen molar-refractivity contribution in [2.24, 2.45) is 5.92 Å². The summed E-state index contributed by atoms with van der Waals surface area (Å²) in [6.45, 7) is 5.73. The lowest BCUT2D eigenvalue weighted by molar-refractivity contribution is 0.0212. The molecule has 0 saturated carbocycles. The Labute approximate surface area is 155 Å². The number of nitrogens with zero attached hydrogens (tertiary/aromatic N) is 1. The van der Waals surface area contributed by atoms with Gasteiger partial charge in [0.15, 0.2) is 11.6 Å². The molecule has 1 aromatic carbocycles. The summed E-state index contributed by atoms with van der Waals surface area (Å²) >= 11 is 0. The third-order valence-electron chi connectivity index (χ3n) is 4.77. The van der Waals surface area contributed by atoms with Crippen molar-refractivity contribution >= 4 is 24.8 Å². The van der Waals surface area contributed by atoms with Gasteiger partial charge in [-0.3, -0.25) is 4.90 Å². The molecule has 0 aromatic heterocycles. The van der Waals surface area contributed by atoms with Gasteiger partial charge in [0.1, 0.15) is 0 Å². The molecule has 2 fully saturated rings. The summed E-state index contributed by atoms with van der Waals surface area (Å²) in [5, 5.41) is 3.40. The SMILES string of the molecule is COc1cc([C@@H](C2CCOCC2)N2CCNCC2)ccc1F.Cl.Cl. The Morgan fingerprint density at radius 2 is 1.88 bits per heavy atom. The number of hydrogen-bond donors (Lipinski definition) is 1. The minimum absolute atomic E-state index is 0.